The van der Waals surface area contributed by atoms with Crippen LogP contribution in [0, 0.1) is 0 Å². The summed E-state index contributed by atoms with van der Waals surface area (Å²) >= 11 is 1.39. The standard InChI is InChI=1S/C20H24N2O5S2/c1-3-22(4-2)29(24,25)17-8-5-15(6-9-17)21-20(23)14-28-16-7-10-18-19(13-16)27-12-11-26-18/h5-10,13H,3-4,11-12,14H2,1-2H3,(H,21,23). The van der Waals surface area contributed by atoms with E-state index >= 15 is 0 Å². The summed E-state index contributed by atoms with van der Waals surface area (Å²) in [6.45, 7) is 5.48. The highest BCUT2D eigenvalue weighted by Gasteiger charge is 2.21. The quantitative estimate of drug-likeness (QED) is 0.640. The Morgan fingerprint density at radius 1 is 1.03 bits per heavy atom. The zero-order valence-corrected chi connectivity index (χ0v) is 18.0. The minimum atomic E-state index is -3.51. The lowest BCUT2D eigenvalue weighted by Gasteiger charge is -2.18. The Hall–Kier alpha value is -2.23. The molecule has 2 aromatic rings. The van der Waals surface area contributed by atoms with E-state index in [1.165, 1.54) is 28.2 Å². The topological polar surface area (TPSA) is 84.9 Å². The highest BCUT2D eigenvalue weighted by atomic mass is 32.2. The first-order valence-electron chi connectivity index (χ1n) is 9.36. The van der Waals surface area contributed by atoms with E-state index < -0.39 is 10.0 Å². The van der Waals surface area contributed by atoms with Crippen molar-refractivity contribution in [2.24, 2.45) is 0 Å². The molecule has 29 heavy (non-hydrogen) atoms. The molecule has 0 fully saturated rings. The van der Waals surface area contributed by atoms with E-state index in [2.05, 4.69) is 5.32 Å². The number of ether oxygens (including phenoxy) is 2. The van der Waals surface area contributed by atoms with Crippen molar-refractivity contribution >= 4 is 33.4 Å². The van der Waals surface area contributed by atoms with Crippen LogP contribution in [0.3, 0.4) is 0 Å². The molecule has 9 heteroatoms. The highest BCUT2D eigenvalue weighted by molar-refractivity contribution is 8.00. The molecule has 1 aliphatic rings. The number of nitrogens with zero attached hydrogens (tertiary/aromatic N) is 1. The summed E-state index contributed by atoms with van der Waals surface area (Å²) < 4.78 is 37.4. The van der Waals surface area contributed by atoms with Gasteiger partial charge in [-0.1, -0.05) is 13.8 Å². The number of carbonyl (C=O) groups is 1. The first-order chi connectivity index (χ1) is 13.9. The second-order valence-corrected chi connectivity index (χ2v) is 9.24. The van der Waals surface area contributed by atoms with Gasteiger partial charge in [0.2, 0.25) is 15.9 Å². The second-order valence-electron chi connectivity index (χ2n) is 6.26. The molecule has 0 unspecified atom stereocenters. The minimum Gasteiger partial charge on any atom is -0.486 e. The number of sulfonamides is 1. The maximum absolute atomic E-state index is 12.5. The largest absolute Gasteiger partial charge is 0.486 e. The zero-order valence-electron chi connectivity index (χ0n) is 16.4. The smallest absolute Gasteiger partial charge is 0.243 e. The van der Waals surface area contributed by atoms with Crippen LogP contribution in [0.2, 0.25) is 0 Å². The summed E-state index contributed by atoms with van der Waals surface area (Å²) in [5.41, 5.74) is 0.552. The number of rotatable bonds is 8. The number of hydrogen-bond donors (Lipinski definition) is 1. The number of carbonyl (C=O) groups excluding carboxylic acids is 1. The summed E-state index contributed by atoms with van der Waals surface area (Å²) in [6, 6.07) is 11.8. The van der Waals surface area contributed by atoms with Crippen molar-refractivity contribution in [3.63, 3.8) is 0 Å². The van der Waals surface area contributed by atoms with Crippen molar-refractivity contribution in [3.05, 3.63) is 42.5 Å². The molecule has 0 aliphatic carbocycles. The van der Waals surface area contributed by atoms with Gasteiger partial charge in [-0.3, -0.25) is 4.79 Å². The summed E-state index contributed by atoms with van der Waals surface area (Å²) in [4.78, 5) is 13.4. The van der Waals surface area contributed by atoms with E-state index in [-0.39, 0.29) is 16.6 Å². The van der Waals surface area contributed by atoms with E-state index in [0.29, 0.717) is 43.5 Å². The van der Waals surface area contributed by atoms with Gasteiger partial charge in [-0.15, -0.1) is 11.8 Å². The van der Waals surface area contributed by atoms with E-state index in [1.807, 2.05) is 18.2 Å². The number of fused-ring (bicyclic) bond motifs is 1. The predicted octanol–water partition coefficient (Wildman–Crippen LogP) is 3.22. The Morgan fingerprint density at radius 3 is 2.34 bits per heavy atom. The fourth-order valence-corrected chi connectivity index (χ4v) is 5.06. The minimum absolute atomic E-state index is 0.177. The number of anilines is 1. The molecule has 3 rings (SSSR count). The number of amides is 1. The number of thioether (sulfide) groups is 1. The van der Waals surface area contributed by atoms with Crippen molar-refractivity contribution in [1.29, 1.82) is 0 Å². The van der Waals surface area contributed by atoms with Gasteiger partial charge in [0.25, 0.3) is 0 Å². The SMILES string of the molecule is CCN(CC)S(=O)(=O)c1ccc(NC(=O)CSc2ccc3c(c2)OCCO3)cc1. The van der Waals surface area contributed by atoms with Gasteiger partial charge in [0.05, 0.1) is 10.6 Å². The van der Waals surface area contributed by atoms with Crippen LogP contribution in [0.1, 0.15) is 13.8 Å². The van der Waals surface area contributed by atoms with Crippen molar-refractivity contribution in [3.8, 4) is 11.5 Å². The first-order valence-corrected chi connectivity index (χ1v) is 11.8. The van der Waals surface area contributed by atoms with Gasteiger partial charge in [-0.25, -0.2) is 8.42 Å². The van der Waals surface area contributed by atoms with E-state index in [9.17, 15) is 13.2 Å². The molecule has 0 saturated carbocycles. The van der Waals surface area contributed by atoms with Gasteiger partial charge in [0, 0.05) is 23.7 Å². The molecule has 0 atom stereocenters. The molecule has 0 aromatic heterocycles. The van der Waals surface area contributed by atoms with Crippen molar-refractivity contribution in [1.82, 2.24) is 4.31 Å². The lowest BCUT2D eigenvalue weighted by Crippen LogP contribution is -2.30. The molecule has 1 N–H and O–H groups in total. The Kier molecular flexibility index (Phi) is 7.05. The predicted molar refractivity (Wildman–Crippen MR) is 113 cm³/mol. The molecule has 0 bridgehead atoms. The molecule has 0 radical (unpaired) electrons. The maximum Gasteiger partial charge on any atom is 0.243 e. The molecule has 2 aromatic carbocycles. The Balaban J connectivity index is 1.57. The van der Waals surface area contributed by atoms with Gasteiger partial charge in [0.1, 0.15) is 13.2 Å². The third-order valence-corrected chi connectivity index (χ3v) is 7.42. The Morgan fingerprint density at radius 2 is 1.69 bits per heavy atom. The van der Waals surface area contributed by atoms with Crippen LogP contribution >= 0.6 is 11.8 Å². The van der Waals surface area contributed by atoms with Gasteiger partial charge >= 0.3 is 0 Å². The van der Waals surface area contributed by atoms with Gasteiger partial charge in [-0.2, -0.15) is 4.31 Å². The van der Waals surface area contributed by atoms with Crippen LogP contribution in [-0.2, 0) is 14.8 Å². The fourth-order valence-electron chi connectivity index (χ4n) is 2.88. The molecule has 0 spiro atoms. The highest BCUT2D eigenvalue weighted by Crippen LogP contribution is 2.34. The van der Waals surface area contributed by atoms with Crippen LogP contribution in [0.4, 0.5) is 5.69 Å². The lowest BCUT2D eigenvalue weighted by molar-refractivity contribution is -0.113. The first kappa shape index (κ1) is 21.5. The normalized spacial score (nSPS) is 13.3. The molecule has 156 valence electrons. The third kappa shape index (κ3) is 5.23. The molecule has 1 amide bonds. The lowest BCUT2D eigenvalue weighted by atomic mass is 10.3. The molecular formula is C20H24N2O5S2. The van der Waals surface area contributed by atoms with Gasteiger partial charge in [0.15, 0.2) is 11.5 Å². The molecule has 7 nitrogen and oxygen atoms in total. The van der Waals surface area contributed by atoms with E-state index in [4.69, 9.17) is 9.47 Å². The Labute approximate surface area is 175 Å². The van der Waals surface area contributed by atoms with Crippen LogP contribution in [0.15, 0.2) is 52.3 Å². The zero-order chi connectivity index (χ0) is 20.9. The molecule has 1 aliphatic heterocycles. The van der Waals surface area contributed by atoms with Crippen molar-refractivity contribution in [2.75, 3.05) is 37.4 Å². The van der Waals surface area contributed by atoms with Gasteiger partial charge in [-0.05, 0) is 42.5 Å². The number of hydrogen-bond acceptors (Lipinski definition) is 6. The number of nitrogens with one attached hydrogen (secondary N) is 1. The van der Waals surface area contributed by atoms with E-state index in [0.717, 1.165) is 4.90 Å². The summed E-state index contributed by atoms with van der Waals surface area (Å²) in [6.07, 6.45) is 0. The average molecular weight is 437 g/mol. The monoisotopic (exact) mass is 436 g/mol. The molecule has 1 heterocycles. The summed E-state index contributed by atoms with van der Waals surface area (Å²) in [7, 11) is -3.51. The summed E-state index contributed by atoms with van der Waals surface area (Å²) in [5.74, 6) is 1.44. The fraction of sp³-hybridized carbons (Fsp3) is 0.350. The van der Waals surface area contributed by atoms with Gasteiger partial charge < -0.3 is 14.8 Å². The van der Waals surface area contributed by atoms with Crippen molar-refractivity contribution in [2.45, 2.75) is 23.6 Å². The second kappa shape index (κ2) is 9.51. The Bertz CT molecular complexity index is 957. The third-order valence-electron chi connectivity index (χ3n) is 4.36. The van der Waals surface area contributed by atoms with Crippen molar-refractivity contribution < 1.29 is 22.7 Å². The van der Waals surface area contributed by atoms with Crippen LogP contribution in [-0.4, -0.2) is 50.7 Å². The van der Waals surface area contributed by atoms with Crippen LogP contribution in [0.5, 0.6) is 11.5 Å². The average Bonchev–Trinajstić information content (AvgIpc) is 2.73. The van der Waals surface area contributed by atoms with Crippen LogP contribution < -0.4 is 14.8 Å². The summed E-state index contributed by atoms with van der Waals surface area (Å²) in [5, 5.41) is 2.79. The molecular weight excluding hydrogens is 412 g/mol. The maximum atomic E-state index is 12.5. The number of benzene rings is 2. The van der Waals surface area contributed by atoms with Crippen LogP contribution in [0.25, 0.3) is 0 Å². The molecule has 0 saturated heterocycles. The van der Waals surface area contributed by atoms with E-state index in [1.54, 1.807) is 26.0 Å².